The van der Waals surface area contributed by atoms with Gasteiger partial charge in [-0.15, -0.1) is 0 Å². The minimum atomic E-state index is 0.699. The van der Waals surface area contributed by atoms with Gasteiger partial charge in [0.15, 0.2) is 0 Å². The van der Waals surface area contributed by atoms with E-state index in [0.717, 1.165) is 11.8 Å². The van der Waals surface area contributed by atoms with Gasteiger partial charge in [-0.25, -0.2) is 0 Å². The number of fused-ring (bicyclic) bond motifs is 1. The third kappa shape index (κ3) is 1.47. The van der Waals surface area contributed by atoms with Crippen LogP contribution in [-0.4, -0.2) is 11.8 Å². The van der Waals surface area contributed by atoms with E-state index in [4.69, 9.17) is 0 Å². The van der Waals surface area contributed by atoms with Crippen LogP contribution in [0.5, 0.6) is 0 Å². The van der Waals surface area contributed by atoms with Crippen LogP contribution in [0.2, 0.25) is 0 Å². The molecule has 0 aromatic heterocycles. The molecule has 0 unspecified atom stereocenters. The molecule has 3 fully saturated rings. The zero-order chi connectivity index (χ0) is 8.67. The van der Waals surface area contributed by atoms with E-state index in [0.29, 0.717) is 6.04 Å². The molecule has 0 aliphatic heterocycles. The second-order valence-corrected chi connectivity index (χ2v) is 4.85. The summed E-state index contributed by atoms with van der Waals surface area (Å²) in [5.41, 5.74) is 4.85. The zero-order valence-corrected chi connectivity index (χ0v) is 8.13. The Balaban J connectivity index is 1.55. The third-order valence-electron chi connectivity index (χ3n) is 3.87. The van der Waals surface area contributed by atoms with Crippen molar-refractivity contribution in [2.75, 3.05) is 0 Å². The average molecular weight is 178 g/mol. The van der Waals surface area contributed by atoms with E-state index < -0.39 is 0 Å². The SMILES string of the molecule is C1CCC(N/N=C2\CC[C@H]3C[C@@H]23)C1. The van der Waals surface area contributed by atoms with Gasteiger partial charge >= 0.3 is 0 Å². The monoisotopic (exact) mass is 178 g/mol. The van der Waals surface area contributed by atoms with Crippen LogP contribution < -0.4 is 5.43 Å². The zero-order valence-electron chi connectivity index (χ0n) is 8.13. The normalized spacial score (nSPS) is 41.1. The van der Waals surface area contributed by atoms with Crippen LogP contribution in [0.3, 0.4) is 0 Å². The standard InChI is InChI=1S/C11H18N2/c1-2-4-9(3-1)12-13-11-6-5-8-7-10(8)11/h8-10,12H,1-7H2/b13-11+/t8-,10+/m0/s1. The molecule has 72 valence electrons. The lowest BCUT2D eigenvalue weighted by Crippen LogP contribution is -2.22. The molecule has 2 heteroatoms. The quantitative estimate of drug-likeness (QED) is 0.645. The molecule has 3 saturated carbocycles. The number of hydrazone groups is 1. The van der Waals surface area contributed by atoms with Crippen molar-refractivity contribution in [3.05, 3.63) is 0 Å². The number of hydrogen-bond donors (Lipinski definition) is 1. The fraction of sp³-hybridized carbons (Fsp3) is 0.909. The number of rotatable bonds is 2. The predicted octanol–water partition coefficient (Wildman–Crippen LogP) is 2.30. The molecule has 0 bridgehead atoms. The van der Waals surface area contributed by atoms with Gasteiger partial charge in [-0.1, -0.05) is 12.8 Å². The molecule has 0 heterocycles. The van der Waals surface area contributed by atoms with Crippen LogP contribution in [0.1, 0.15) is 44.9 Å². The van der Waals surface area contributed by atoms with Crippen LogP contribution in [0, 0.1) is 11.8 Å². The van der Waals surface area contributed by atoms with Crippen LogP contribution in [0.25, 0.3) is 0 Å². The Morgan fingerprint density at radius 3 is 2.62 bits per heavy atom. The first-order chi connectivity index (χ1) is 6.43. The number of nitrogens with zero attached hydrogens (tertiary/aromatic N) is 1. The topological polar surface area (TPSA) is 24.4 Å². The van der Waals surface area contributed by atoms with Gasteiger partial charge in [0.05, 0.1) is 0 Å². The molecule has 3 aliphatic carbocycles. The van der Waals surface area contributed by atoms with Crippen molar-refractivity contribution in [2.45, 2.75) is 51.0 Å². The lowest BCUT2D eigenvalue weighted by atomic mass is 10.2. The third-order valence-corrected chi connectivity index (χ3v) is 3.87. The van der Waals surface area contributed by atoms with E-state index in [2.05, 4.69) is 10.5 Å². The largest absolute Gasteiger partial charge is 0.307 e. The first-order valence-electron chi connectivity index (χ1n) is 5.75. The molecule has 0 spiro atoms. The van der Waals surface area contributed by atoms with Crippen molar-refractivity contribution in [1.29, 1.82) is 0 Å². The Hall–Kier alpha value is -0.530. The Bertz CT molecular complexity index is 228. The molecular weight excluding hydrogens is 160 g/mol. The minimum absolute atomic E-state index is 0.699. The summed E-state index contributed by atoms with van der Waals surface area (Å²) in [4.78, 5) is 0. The van der Waals surface area contributed by atoms with Crippen LogP contribution in [0.15, 0.2) is 5.10 Å². The first kappa shape index (κ1) is 7.84. The van der Waals surface area contributed by atoms with Crippen molar-refractivity contribution >= 4 is 5.71 Å². The number of hydrogen-bond acceptors (Lipinski definition) is 2. The van der Waals surface area contributed by atoms with E-state index in [1.807, 2.05) is 0 Å². The van der Waals surface area contributed by atoms with E-state index in [1.165, 1.54) is 50.7 Å². The molecule has 0 saturated heterocycles. The van der Waals surface area contributed by atoms with Gasteiger partial charge in [-0.2, -0.15) is 5.10 Å². The van der Waals surface area contributed by atoms with Crippen molar-refractivity contribution in [3.63, 3.8) is 0 Å². The van der Waals surface area contributed by atoms with Crippen molar-refractivity contribution in [2.24, 2.45) is 16.9 Å². The highest BCUT2D eigenvalue weighted by molar-refractivity contribution is 5.91. The second-order valence-electron chi connectivity index (χ2n) is 4.85. The predicted molar refractivity (Wildman–Crippen MR) is 53.7 cm³/mol. The van der Waals surface area contributed by atoms with Gasteiger partial charge < -0.3 is 5.43 Å². The lowest BCUT2D eigenvalue weighted by Gasteiger charge is -2.09. The van der Waals surface area contributed by atoms with Gasteiger partial charge in [0.1, 0.15) is 0 Å². The Kier molecular flexibility index (Phi) is 1.81. The summed E-state index contributed by atoms with van der Waals surface area (Å²) in [6.45, 7) is 0. The summed E-state index contributed by atoms with van der Waals surface area (Å²) >= 11 is 0. The molecule has 13 heavy (non-hydrogen) atoms. The molecule has 2 nitrogen and oxygen atoms in total. The summed E-state index contributed by atoms with van der Waals surface area (Å²) in [6.07, 6.45) is 9.59. The maximum Gasteiger partial charge on any atom is 0.0440 e. The molecule has 3 rings (SSSR count). The fourth-order valence-corrected chi connectivity index (χ4v) is 2.86. The first-order valence-corrected chi connectivity index (χ1v) is 5.75. The van der Waals surface area contributed by atoms with Gasteiger partial charge in [-0.3, -0.25) is 0 Å². The highest BCUT2D eigenvalue weighted by atomic mass is 15.3. The summed E-state index contributed by atoms with van der Waals surface area (Å²) in [7, 11) is 0. The molecule has 0 aromatic rings. The molecule has 2 atom stereocenters. The van der Waals surface area contributed by atoms with E-state index in [-0.39, 0.29) is 0 Å². The smallest absolute Gasteiger partial charge is 0.0440 e. The highest BCUT2D eigenvalue weighted by Gasteiger charge is 2.45. The Labute approximate surface area is 79.8 Å². The highest BCUT2D eigenvalue weighted by Crippen LogP contribution is 2.49. The molecule has 0 aromatic carbocycles. The van der Waals surface area contributed by atoms with Gasteiger partial charge in [-0.05, 0) is 38.0 Å². The van der Waals surface area contributed by atoms with Crippen molar-refractivity contribution in [1.82, 2.24) is 5.43 Å². The summed E-state index contributed by atoms with van der Waals surface area (Å²) in [6, 6.07) is 0.699. The second kappa shape index (κ2) is 3.00. The van der Waals surface area contributed by atoms with Gasteiger partial charge in [0.2, 0.25) is 0 Å². The van der Waals surface area contributed by atoms with Gasteiger partial charge in [0, 0.05) is 17.7 Å². The Morgan fingerprint density at radius 2 is 2.00 bits per heavy atom. The van der Waals surface area contributed by atoms with E-state index in [1.54, 1.807) is 0 Å². The van der Waals surface area contributed by atoms with Gasteiger partial charge in [0.25, 0.3) is 0 Å². The maximum absolute atomic E-state index is 4.59. The molecule has 0 amide bonds. The summed E-state index contributed by atoms with van der Waals surface area (Å²) < 4.78 is 0. The number of nitrogens with one attached hydrogen (secondary N) is 1. The maximum atomic E-state index is 4.59. The van der Waals surface area contributed by atoms with Crippen LogP contribution >= 0.6 is 0 Å². The van der Waals surface area contributed by atoms with E-state index in [9.17, 15) is 0 Å². The van der Waals surface area contributed by atoms with Crippen LogP contribution in [-0.2, 0) is 0 Å². The molecule has 0 radical (unpaired) electrons. The van der Waals surface area contributed by atoms with Crippen LogP contribution in [0.4, 0.5) is 0 Å². The average Bonchev–Trinajstić information content (AvgIpc) is 2.64. The molecular formula is C11H18N2. The molecule has 1 N–H and O–H groups in total. The van der Waals surface area contributed by atoms with Crippen molar-refractivity contribution < 1.29 is 0 Å². The van der Waals surface area contributed by atoms with Crippen molar-refractivity contribution in [3.8, 4) is 0 Å². The molecule has 3 aliphatic rings. The summed E-state index contributed by atoms with van der Waals surface area (Å²) in [5.74, 6) is 1.93. The Morgan fingerprint density at radius 1 is 1.15 bits per heavy atom. The minimum Gasteiger partial charge on any atom is -0.307 e. The fourth-order valence-electron chi connectivity index (χ4n) is 2.86. The summed E-state index contributed by atoms with van der Waals surface area (Å²) in [5, 5.41) is 4.59. The van der Waals surface area contributed by atoms with E-state index >= 15 is 0 Å². The lowest BCUT2D eigenvalue weighted by molar-refractivity contribution is 0.545.